The molecule has 1 aromatic heterocycles. The molecule has 0 unspecified atom stereocenters. The van der Waals surface area contributed by atoms with Crippen LogP contribution in [0, 0.1) is 0 Å². The molecule has 1 heterocycles. The van der Waals surface area contributed by atoms with E-state index in [-0.39, 0.29) is 10.9 Å². The Morgan fingerprint density at radius 3 is 2.67 bits per heavy atom. The van der Waals surface area contributed by atoms with Gasteiger partial charge in [0.25, 0.3) is 0 Å². The molecule has 1 rings (SSSR count). The molecule has 9 heavy (non-hydrogen) atoms. The Kier molecular flexibility index (Phi) is 1.68. The molecule has 0 bridgehead atoms. The summed E-state index contributed by atoms with van der Waals surface area (Å²) in [5.74, 6) is 0.153. The van der Waals surface area contributed by atoms with E-state index in [1.165, 1.54) is 0 Å². The summed E-state index contributed by atoms with van der Waals surface area (Å²) in [5.41, 5.74) is 5.21. The minimum Gasteiger partial charge on any atom is -0.381 e. The van der Waals surface area contributed by atoms with Crippen LogP contribution >= 0.6 is 24.2 Å². The summed E-state index contributed by atoms with van der Waals surface area (Å²) in [5, 5.41) is 3.03. The van der Waals surface area contributed by atoms with Crippen LogP contribution in [-0.4, -0.2) is 14.7 Å². The van der Waals surface area contributed by atoms with Gasteiger partial charge in [-0.15, -0.1) is 5.10 Å². The van der Waals surface area contributed by atoms with Crippen molar-refractivity contribution in [2.24, 2.45) is 0 Å². The minimum atomic E-state index is -0.387. The Morgan fingerprint density at radius 1 is 1.78 bits per heavy atom. The second-order valence-electron chi connectivity index (χ2n) is 1.29. The zero-order valence-corrected chi connectivity index (χ0v) is 5.95. The number of rotatable bonds is 1. The highest BCUT2D eigenvalue weighted by Gasteiger charge is 2.08. The minimum absolute atomic E-state index is 0.153. The molecule has 0 radical (unpaired) electrons. The first kappa shape index (κ1) is 6.50. The fraction of sp³-hybridized carbons (Fsp3) is 0. The number of anilines is 1. The number of nitrogens with two attached hydrogens (primary N) is 1. The molecule has 0 aliphatic rings. The summed E-state index contributed by atoms with van der Waals surface area (Å²) < 4.78 is 3.44. The van der Waals surface area contributed by atoms with E-state index in [0.717, 1.165) is 11.5 Å². The standard InChI is InChI=1S/C3H3N3OS2/c4-2-1(3(7)8)9-6-5-2/h4H2,(H,7,8). The van der Waals surface area contributed by atoms with Crippen molar-refractivity contribution < 1.29 is 4.79 Å². The third kappa shape index (κ3) is 1.19. The number of hydrogen-bond donors (Lipinski definition) is 2. The third-order valence-corrected chi connectivity index (χ3v) is 1.82. The molecule has 4 nitrogen and oxygen atoms in total. The molecule has 1 aromatic rings. The first-order valence-corrected chi connectivity index (χ1v) is 3.25. The Bertz CT molecular complexity index is 233. The van der Waals surface area contributed by atoms with Crippen LogP contribution in [0.5, 0.6) is 0 Å². The van der Waals surface area contributed by atoms with E-state index >= 15 is 0 Å². The van der Waals surface area contributed by atoms with E-state index in [1.54, 1.807) is 0 Å². The predicted octanol–water partition coefficient (Wildman–Crippen LogP) is 0.190. The summed E-state index contributed by atoms with van der Waals surface area (Å²) in [7, 11) is 0. The molecule has 0 atom stereocenters. The normalized spacial score (nSPS) is 9.44. The van der Waals surface area contributed by atoms with Crippen molar-refractivity contribution in [3.05, 3.63) is 4.88 Å². The van der Waals surface area contributed by atoms with Gasteiger partial charge in [0.2, 0.25) is 5.12 Å². The largest absolute Gasteiger partial charge is 0.381 e. The second kappa shape index (κ2) is 2.32. The van der Waals surface area contributed by atoms with Crippen molar-refractivity contribution in [1.82, 2.24) is 9.59 Å². The van der Waals surface area contributed by atoms with Crippen LogP contribution in [0.4, 0.5) is 5.82 Å². The maximum absolute atomic E-state index is 10.4. The van der Waals surface area contributed by atoms with E-state index in [1.807, 2.05) is 0 Å². The van der Waals surface area contributed by atoms with E-state index in [9.17, 15) is 4.79 Å². The van der Waals surface area contributed by atoms with Crippen LogP contribution in [0.15, 0.2) is 0 Å². The van der Waals surface area contributed by atoms with E-state index in [2.05, 4.69) is 22.2 Å². The lowest BCUT2D eigenvalue weighted by Crippen LogP contribution is -1.92. The van der Waals surface area contributed by atoms with Gasteiger partial charge in [0, 0.05) is 0 Å². The van der Waals surface area contributed by atoms with Crippen molar-refractivity contribution in [2.75, 3.05) is 5.73 Å². The van der Waals surface area contributed by atoms with Crippen LogP contribution in [0.1, 0.15) is 9.67 Å². The Hall–Kier alpha value is -0.620. The quantitative estimate of drug-likeness (QED) is 0.577. The highest BCUT2D eigenvalue weighted by molar-refractivity contribution is 7.97. The van der Waals surface area contributed by atoms with Crippen molar-refractivity contribution in [3.63, 3.8) is 0 Å². The van der Waals surface area contributed by atoms with Crippen LogP contribution in [0.3, 0.4) is 0 Å². The molecule has 0 aromatic carbocycles. The lowest BCUT2D eigenvalue weighted by atomic mass is 10.5. The third-order valence-electron chi connectivity index (χ3n) is 0.708. The molecule has 2 N–H and O–H groups in total. The zero-order valence-electron chi connectivity index (χ0n) is 4.24. The Balaban J connectivity index is 3.08. The molecule has 0 aliphatic heterocycles. The molecule has 0 aliphatic carbocycles. The molecule has 48 valence electrons. The fourth-order valence-corrected chi connectivity index (χ4v) is 1.01. The summed E-state index contributed by atoms with van der Waals surface area (Å²) in [4.78, 5) is 10.7. The van der Waals surface area contributed by atoms with E-state index < -0.39 is 0 Å². The number of carbonyl (C=O) groups excluding carboxylic acids is 1. The van der Waals surface area contributed by atoms with Gasteiger partial charge in [-0.05, 0) is 11.5 Å². The topological polar surface area (TPSA) is 68.9 Å². The first-order valence-electron chi connectivity index (χ1n) is 2.03. The van der Waals surface area contributed by atoms with Gasteiger partial charge in [0.1, 0.15) is 4.88 Å². The maximum atomic E-state index is 10.4. The second-order valence-corrected chi connectivity index (χ2v) is 2.45. The lowest BCUT2D eigenvalue weighted by molar-refractivity contribution is 0.109. The summed E-state index contributed by atoms with van der Waals surface area (Å²) in [6.07, 6.45) is 0. The molecule has 0 amide bonds. The van der Waals surface area contributed by atoms with Crippen molar-refractivity contribution in [1.29, 1.82) is 0 Å². The van der Waals surface area contributed by atoms with Crippen LogP contribution in [0.2, 0.25) is 0 Å². The average Bonchev–Trinajstić information content (AvgIpc) is 2.13. The molecule has 0 saturated heterocycles. The number of carbonyl (C=O) groups is 1. The van der Waals surface area contributed by atoms with Gasteiger partial charge in [-0.2, -0.15) is 0 Å². The first-order chi connectivity index (χ1) is 4.22. The van der Waals surface area contributed by atoms with Crippen molar-refractivity contribution in [2.45, 2.75) is 0 Å². The smallest absolute Gasteiger partial charge is 0.231 e. The highest BCUT2D eigenvalue weighted by atomic mass is 32.1. The molecule has 0 fully saturated rings. The van der Waals surface area contributed by atoms with Crippen LogP contribution in [-0.2, 0) is 0 Å². The summed E-state index contributed by atoms with van der Waals surface area (Å²) in [6, 6.07) is 0. The SMILES string of the molecule is Nc1nnsc1C(=O)S. The average molecular weight is 161 g/mol. The molecule has 0 saturated carbocycles. The zero-order chi connectivity index (χ0) is 6.85. The van der Waals surface area contributed by atoms with Gasteiger partial charge in [0.05, 0.1) is 0 Å². The van der Waals surface area contributed by atoms with Gasteiger partial charge < -0.3 is 5.73 Å². The van der Waals surface area contributed by atoms with Crippen LogP contribution in [0.25, 0.3) is 0 Å². The van der Waals surface area contributed by atoms with E-state index in [0.29, 0.717) is 4.88 Å². The number of nitrogens with zero attached hydrogens (tertiary/aromatic N) is 2. The summed E-state index contributed by atoms with van der Waals surface area (Å²) >= 11 is 4.48. The van der Waals surface area contributed by atoms with Crippen LogP contribution < -0.4 is 5.73 Å². The fourth-order valence-electron chi connectivity index (χ4n) is 0.346. The summed E-state index contributed by atoms with van der Waals surface area (Å²) in [6.45, 7) is 0. The maximum Gasteiger partial charge on any atom is 0.231 e. The molecular formula is C3H3N3OS2. The van der Waals surface area contributed by atoms with Gasteiger partial charge in [0.15, 0.2) is 5.82 Å². The Morgan fingerprint density at radius 2 is 2.44 bits per heavy atom. The lowest BCUT2D eigenvalue weighted by Gasteiger charge is -1.82. The monoisotopic (exact) mass is 161 g/mol. The van der Waals surface area contributed by atoms with Gasteiger partial charge in [-0.25, -0.2) is 0 Å². The number of aromatic nitrogens is 2. The molecular weight excluding hydrogens is 158 g/mol. The highest BCUT2D eigenvalue weighted by Crippen LogP contribution is 2.13. The van der Waals surface area contributed by atoms with Gasteiger partial charge in [-0.3, -0.25) is 4.79 Å². The number of thiol groups is 1. The van der Waals surface area contributed by atoms with Gasteiger partial charge in [-0.1, -0.05) is 17.1 Å². The number of hydrogen-bond acceptors (Lipinski definition) is 5. The van der Waals surface area contributed by atoms with Crippen molar-refractivity contribution in [3.8, 4) is 0 Å². The van der Waals surface area contributed by atoms with Gasteiger partial charge >= 0.3 is 0 Å². The number of nitrogen functional groups attached to an aromatic ring is 1. The van der Waals surface area contributed by atoms with Crippen molar-refractivity contribution >= 4 is 35.1 Å². The molecule has 6 heteroatoms. The Labute approximate surface area is 60.6 Å². The predicted molar refractivity (Wildman–Crippen MR) is 37.6 cm³/mol. The van der Waals surface area contributed by atoms with E-state index in [4.69, 9.17) is 5.73 Å². The molecule has 0 spiro atoms.